The molecule has 0 amide bonds. The summed E-state index contributed by atoms with van der Waals surface area (Å²) in [7, 11) is 0. The van der Waals surface area contributed by atoms with Gasteiger partial charge in [0.05, 0.1) is 6.10 Å². The molecule has 1 rings (SSSR count). The van der Waals surface area contributed by atoms with Gasteiger partial charge >= 0.3 is 0 Å². The van der Waals surface area contributed by atoms with Gasteiger partial charge in [0, 0.05) is 6.42 Å². The number of hydrogen-bond donors (Lipinski definition) is 1. The van der Waals surface area contributed by atoms with Gasteiger partial charge < -0.3 is 5.11 Å². The molecule has 11 heavy (non-hydrogen) atoms. The third-order valence-electron chi connectivity index (χ3n) is 2.15. The Morgan fingerprint density at radius 1 is 1.64 bits per heavy atom. The van der Waals surface area contributed by atoms with E-state index in [1.807, 2.05) is 26.0 Å². The van der Waals surface area contributed by atoms with Crippen molar-refractivity contribution < 1.29 is 5.11 Å². The number of aliphatic hydroxyl groups is 1. The van der Waals surface area contributed by atoms with Crippen LogP contribution in [0.5, 0.6) is 0 Å². The van der Waals surface area contributed by atoms with E-state index in [0.29, 0.717) is 0 Å². The fraction of sp³-hybridized carbons (Fsp3) is 0.400. The molecule has 1 heteroatoms. The average Bonchev–Trinajstić information content (AvgIpc) is 2.19. The van der Waals surface area contributed by atoms with Crippen molar-refractivity contribution in [2.75, 3.05) is 0 Å². The first-order valence-corrected chi connectivity index (χ1v) is 3.86. The molecule has 0 spiro atoms. The fourth-order valence-corrected chi connectivity index (χ4v) is 1.33. The Morgan fingerprint density at radius 3 is 2.64 bits per heavy atom. The molecule has 0 saturated carbocycles. The van der Waals surface area contributed by atoms with Crippen LogP contribution < -0.4 is 0 Å². The standard InChI is InChI=1S/C10H14O/c1-4-5-9-6-10(11)8(3)7(9)2/h4-5,10-11H,3,6H2,1-2H3/b5-4-/t10-/m1/s1. The normalized spacial score (nSPS) is 25.7. The minimum atomic E-state index is -0.346. The van der Waals surface area contributed by atoms with Crippen molar-refractivity contribution in [1.82, 2.24) is 0 Å². The SMILES string of the molecule is C=C1C(C)=C(/C=C\C)C[C@H]1O. The minimum absolute atomic E-state index is 0.346. The van der Waals surface area contributed by atoms with E-state index < -0.39 is 0 Å². The van der Waals surface area contributed by atoms with Crippen LogP contribution in [0.4, 0.5) is 0 Å². The van der Waals surface area contributed by atoms with Gasteiger partial charge in [-0.15, -0.1) is 0 Å². The first-order chi connectivity index (χ1) is 5.16. The Kier molecular flexibility index (Phi) is 2.30. The van der Waals surface area contributed by atoms with Gasteiger partial charge in [0.25, 0.3) is 0 Å². The van der Waals surface area contributed by atoms with Gasteiger partial charge in [0.2, 0.25) is 0 Å². The van der Waals surface area contributed by atoms with Crippen LogP contribution in [0.2, 0.25) is 0 Å². The molecule has 1 atom stereocenters. The summed E-state index contributed by atoms with van der Waals surface area (Å²) in [6, 6.07) is 0. The summed E-state index contributed by atoms with van der Waals surface area (Å²) < 4.78 is 0. The van der Waals surface area contributed by atoms with Gasteiger partial charge in [-0.3, -0.25) is 0 Å². The van der Waals surface area contributed by atoms with E-state index in [1.165, 1.54) is 5.57 Å². The maximum atomic E-state index is 9.39. The third-order valence-corrected chi connectivity index (χ3v) is 2.15. The number of hydrogen-bond acceptors (Lipinski definition) is 1. The molecule has 0 aromatic rings. The lowest BCUT2D eigenvalue weighted by Gasteiger charge is -2.00. The van der Waals surface area contributed by atoms with Crippen molar-refractivity contribution in [3.63, 3.8) is 0 Å². The fourth-order valence-electron chi connectivity index (χ4n) is 1.33. The second kappa shape index (κ2) is 3.05. The summed E-state index contributed by atoms with van der Waals surface area (Å²) in [5.41, 5.74) is 3.23. The molecule has 0 unspecified atom stereocenters. The Balaban J connectivity index is 2.89. The first kappa shape index (κ1) is 8.28. The molecule has 0 aliphatic heterocycles. The summed E-state index contributed by atoms with van der Waals surface area (Å²) in [6.45, 7) is 7.79. The van der Waals surface area contributed by atoms with Crippen LogP contribution >= 0.6 is 0 Å². The van der Waals surface area contributed by atoms with E-state index >= 15 is 0 Å². The second-order valence-corrected chi connectivity index (χ2v) is 2.90. The summed E-state index contributed by atoms with van der Waals surface area (Å²) >= 11 is 0. The zero-order valence-corrected chi connectivity index (χ0v) is 7.09. The molecule has 0 saturated heterocycles. The maximum absolute atomic E-state index is 9.39. The molecule has 0 aromatic carbocycles. The first-order valence-electron chi connectivity index (χ1n) is 3.86. The average molecular weight is 150 g/mol. The molecular weight excluding hydrogens is 136 g/mol. The van der Waals surface area contributed by atoms with Crippen molar-refractivity contribution in [2.45, 2.75) is 26.4 Å². The van der Waals surface area contributed by atoms with Gasteiger partial charge in [-0.2, -0.15) is 0 Å². The predicted molar refractivity (Wildman–Crippen MR) is 47.3 cm³/mol. The van der Waals surface area contributed by atoms with Gasteiger partial charge in [0.1, 0.15) is 0 Å². The molecule has 0 heterocycles. The van der Waals surface area contributed by atoms with E-state index in [0.717, 1.165) is 17.6 Å². The number of allylic oxidation sites excluding steroid dienone is 2. The molecule has 1 nitrogen and oxygen atoms in total. The van der Waals surface area contributed by atoms with Crippen molar-refractivity contribution in [3.05, 3.63) is 35.5 Å². The summed E-state index contributed by atoms with van der Waals surface area (Å²) in [4.78, 5) is 0. The van der Waals surface area contributed by atoms with Crippen molar-refractivity contribution in [2.24, 2.45) is 0 Å². The molecule has 1 aliphatic rings. The van der Waals surface area contributed by atoms with Crippen LogP contribution in [0.1, 0.15) is 20.3 Å². The van der Waals surface area contributed by atoms with E-state index in [1.54, 1.807) is 0 Å². The lowest BCUT2D eigenvalue weighted by Crippen LogP contribution is -2.02. The van der Waals surface area contributed by atoms with E-state index in [2.05, 4.69) is 6.58 Å². The van der Waals surface area contributed by atoms with Gasteiger partial charge in [-0.05, 0) is 30.6 Å². The quantitative estimate of drug-likeness (QED) is 0.607. The highest BCUT2D eigenvalue weighted by Crippen LogP contribution is 2.30. The number of aliphatic hydroxyl groups excluding tert-OH is 1. The lowest BCUT2D eigenvalue weighted by molar-refractivity contribution is 0.222. The smallest absolute Gasteiger partial charge is 0.0827 e. The highest BCUT2D eigenvalue weighted by atomic mass is 16.3. The van der Waals surface area contributed by atoms with Crippen molar-refractivity contribution in [1.29, 1.82) is 0 Å². The predicted octanol–water partition coefficient (Wildman–Crippen LogP) is 2.20. The van der Waals surface area contributed by atoms with Crippen LogP contribution in [0.3, 0.4) is 0 Å². The molecule has 60 valence electrons. The van der Waals surface area contributed by atoms with Gasteiger partial charge in [-0.25, -0.2) is 0 Å². The van der Waals surface area contributed by atoms with Gasteiger partial charge in [-0.1, -0.05) is 18.7 Å². The Hall–Kier alpha value is -0.820. The van der Waals surface area contributed by atoms with Crippen LogP contribution in [-0.4, -0.2) is 11.2 Å². The lowest BCUT2D eigenvalue weighted by atomic mass is 10.1. The van der Waals surface area contributed by atoms with E-state index in [4.69, 9.17) is 0 Å². The topological polar surface area (TPSA) is 20.2 Å². The van der Waals surface area contributed by atoms with E-state index in [-0.39, 0.29) is 6.10 Å². The largest absolute Gasteiger partial charge is 0.388 e. The molecule has 0 radical (unpaired) electrons. The van der Waals surface area contributed by atoms with Crippen molar-refractivity contribution in [3.8, 4) is 0 Å². The molecule has 0 bridgehead atoms. The maximum Gasteiger partial charge on any atom is 0.0827 e. The van der Waals surface area contributed by atoms with Crippen LogP contribution in [-0.2, 0) is 0 Å². The monoisotopic (exact) mass is 150 g/mol. The van der Waals surface area contributed by atoms with Gasteiger partial charge in [0.15, 0.2) is 0 Å². The molecule has 0 aromatic heterocycles. The Morgan fingerprint density at radius 2 is 2.27 bits per heavy atom. The Labute approximate surface area is 67.7 Å². The number of rotatable bonds is 1. The highest BCUT2D eigenvalue weighted by Gasteiger charge is 2.21. The van der Waals surface area contributed by atoms with Crippen molar-refractivity contribution >= 4 is 0 Å². The zero-order valence-electron chi connectivity index (χ0n) is 7.09. The van der Waals surface area contributed by atoms with Crippen LogP contribution in [0.15, 0.2) is 35.5 Å². The molecule has 0 fully saturated rings. The summed E-state index contributed by atoms with van der Waals surface area (Å²) in [6.07, 6.45) is 4.41. The Bertz CT molecular complexity index is 233. The van der Waals surface area contributed by atoms with Crippen LogP contribution in [0, 0.1) is 0 Å². The zero-order chi connectivity index (χ0) is 8.43. The molecule has 1 N–H and O–H groups in total. The highest BCUT2D eigenvalue weighted by molar-refractivity contribution is 5.45. The third kappa shape index (κ3) is 1.43. The summed E-state index contributed by atoms with van der Waals surface area (Å²) in [5, 5.41) is 9.39. The second-order valence-electron chi connectivity index (χ2n) is 2.90. The molecule has 1 aliphatic carbocycles. The molecular formula is C10H14O. The minimum Gasteiger partial charge on any atom is -0.388 e. The summed E-state index contributed by atoms with van der Waals surface area (Å²) in [5.74, 6) is 0. The van der Waals surface area contributed by atoms with Crippen LogP contribution in [0.25, 0.3) is 0 Å². The van der Waals surface area contributed by atoms with E-state index in [9.17, 15) is 5.11 Å².